The fourth-order valence-electron chi connectivity index (χ4n) is 3.18. The molecule has 0 bridgehead atoms. The minimum Gasteiger partial charge on any atom is -0.490 e. The molecule has 3 heterocycles. The van der Waals surface area contributed by atoms with Crippen molar-refractivity contribution < 1.29 is 9.13 Å². The lowest BCUT2D eigenvalue weighted by molar-refractivity contribution is 0.170. The average Bonchev–Trinajstić information content (AvgIpc) is 2.95. The van der Waals surface area contributed by atoms with E-state index in [1.54, 1.807) is 18.3 Å². The molecule has 3 aromatic rings. The monoisotopic (exact) mass is 326 g/mol. The number of piperidine rings is 1. The summed E-state index contributed by atoms with van der Waals surface area (Å²) in [7, 11) is 2.02. The van der Waals surface area contributed by atoms with E-state index < -0.39 is 0 Å². The van der Waals surface area contributed by atoms with Crippen LogP contribution in [0.4, 0.5) is 10.3 Å². The Labute approximate surface area is 139 Å². The van der Waals surface area contributed by atoms with Gasteiger partial charge in [-0.1, -0.05) is 0 Å². The first-order valence-corrected chi connectivity index (χ1v) is 8.14. The van der Waals surface area contributed by atoms with Crippen molar-refractivity contribution in [2.75, 3.05) is 18.0 Å². The number of hydrogen-bond donors (Lipinski definition) is 0. The van der Waals surface area contributed by atoms with E-state index in [1.165, 1.54) is 12.1 Å². The summed E-state index contributed by atoms with van der Waals surface area (Å²) in [4.78, 5) is 11.2. The first-order valence-electron chi connectivity index (χ1n) is 8.14. The molecular formula is C18H19FN4O. The molecule has 1 aliphatic rings. The van der Waals surface area contributed by atoms with Gasteiger partial charge in [-0.05, 0) is 30.3 Å². The lowest BCUT2D eigenvalue weighted by Crippen LogP contribution is -2.39. The van der Waals surface area contributed by atoms with E-state index in [0.717, 1.165) is 48.7 Å². The molecule has 0 aliphatic carbocycles. The van der Waals surface area contributed by atoms with Gasteiger partial charge in [0.05, 0.1) is 17.2 Å². The zero-order valence-corrected chi connectivity index (χ0v) is 13.5. The minimum atomic E-state index is -0.242. The van der Waals surface area contributed by atoms with E-state index in [1.807, 2.05) is 19.3 Å². The molecule has 1 aromatic carbocycles. The van der Waals surface area contributed by atoms with Crippen LogP contribution in [0.25, 0.3) is 11.0 Å². The number of hydrogen-bond acceptors (Lipinski definition) is 4. The number of nitrogens with zero attached hydrogens (tertiary/aromatic N) is 4. The highest BCUT2D eigenvalue weighted by Crippen LogP contribution is 2.25. The van der Waals surface area contributed by atoms with Gasteiger partial charge in [0, 0.05) is 39.2 Å². The fourth-order valence-corrected chi connectivity index (χ4v) is 3.18. The average molecular weight is 326 g/mol. The SMILES string of the molecule is Cn1c(N2CCC(Oc3ccc(F)cc3)CC2)nc2ccncc21. The predicted molar refractivity (Wildman–Crippen MR) is 90.8 cm³/mol. The number of imidazole rings is 1. The van der Waals surface area contributed by atoms with E-state index in [4.69, 9.17) is 9.72 Å². The number of benzene rings is 1. The molecule has 0 atom stereocenters. The van der Waals surface area contributed by atoms with E-state index in [2.05, 4.69) is 14.5 Å². The summed E-state index contributed by atoms with van der Waals surface area (Å²) < 4.78 is 21.0. The highest BCUT2D eigenvalue weighted by Gasteiger charge is 2.24. The minimum absolute atomic E-state index is 0.156. The molecule has 1 aliphatic heterocycles. The van der Waals surface area contributed by atoms with Gasteiger partial charge >= 0.3 is 0 Å². The van der Waals surface area contributed by atoms with Gasteiger partial charge in [-0.15, -0.1) is 0 Å². The van der Waals surface area contributed by atoms with Crippen LogP contribution in [-0.2, 0) is 7.05 Å². The van der Waals surface area contributed by atoms with Crippen LogP contribution in [0.5, 0.6) is 5.75 Å². The Morgan fingerprint density at radius 2 is 1.88 bits per heavy atom. The highest BCUT2D eigenvalue weighted by molar-refractivity contribution is 5.77. The van der Waals surface area contributed by atoms with Crippen molar-refractivity contribution in [3.05, 3.63) is 48.5 Å². The second kappa shape index (κ2) is 6.11. The largest absolute Gasteiger partial charge is 0.490 e. The molecule has 0 unspecified atom stereocenters. The van der Waals surface area contributed by atoms with Gasteiger partial charge in [0.2, 0.25) is 5.95 Å². The predicted octanol–water partition coefficient (Wildman–Crippen LogP) is 3.16. The molecule has 0 N–H and O–H groups in total. The number of ether oxygens (including phenoxy) is 1. The summed E-state index contributed by atoms with van der Waals surface area (Å²) in [6, 6.07) is 8.15. The molecule has 124 valence electrons. The quantitative estimate of drug-likeness (QED) is 0.741. The number of fused-ring (bicyclic) bond motifs is 1. The number of aryl methyl sites for hydroxylation is 1. The van der Waals surface area contributed by atoms with Crippen molar-refractivity contribution in [1.29, 1.82) is 0 Å². The maximum absolute atomic E-state index is 13.0. The van der Waals surface area contributed by atoms with Crippen molar-refractivity contribution in [3.8, 4) is 5.75 Å². The third-order valence-electron chi connectivity index (χ3n) is 4.50. The van der Waals surface area contributed by atoms with Crippen LogP contribution < -0.4 is 9.64 Å². The van der Waals surface area contributed by atoms with Crippen LogP contribution in [0.2, 0.25) is 0 Å². The highest BCUT2D eigenvalue weighted by atomic mass is 19.1. The molecule has 1 fully saturated rings. The molecule has 2 aromatic heterocycles. The summed E-state index contributed by atoms with van der Waals surface area (Å²) in [5.41, 5.74) is 2.00. The maximum Gasteiger partial charge on any atom is 0.206 e. The molecule has 1 saturated heterocycles. The molecule has 0 radical (unpaired) electrons. The van der Waals surface area contributed by atoms with Crippen LogP contribution in [-0.4, -0.2) is 33.7 Å². The van der Waals surface area contributed by atoms with Gasteiger partial charge in [-0.25, -0.2) is 9.37 Å². The second-order valence-electron chi connectivity index (χ2n) is 6.09. The summed E-state index contributed by atoms with van der Waals surface area (Å²) in [6.07, 6.45) is 5.60. The smallest absolute Gasteiger partial charge is 0.206 e. The maximum atomic E-state index is 13.0. The number of rotatable bonds is 3. The molecule has 0 amide bonds. The Kier molecular flexibility index (Phi) is 3.80. The van der Waals surface area contributed by atoms with Gasteiger partial charge in [-0.3, -0.25) is 4.98 Å². The zero-order chi connectivity index (χ0) is 16.5. The lowest BCUT2D eigenvalue weighted by Gasteiger charge is -2.32. The van der Waals surface area contributed by atoms with Gasteiger partial charge in [0.15, 0.2) is 0 Å². The summed E-state index contributed by atoms with van der Waals surface area (Å²) >= 11 is 0. The van der Waals surface area contributed by atoms with Crippen molar-refractivity contribution >= 4 is 17.0 Å². The summed E-state index contributed by atoms with van der Waals surface area (Å²) in [5.74, 6) is 1.45. The first kappa shape index (κ1) is 14.9. The van der Waals surface area contributed by atoms with E-state index in [0.29, 0.717) is 0 Å². The third-order valence-corrected chi connectivity index (χ3v) is 4.50. The van der Waals surface area contributed by atoms with Gasteiger partial charge < -0.3 is 14.2 Å². The molecule has 24 heavy (non-hydrogen) atoms. The Balaban J connectivity index is 1.43. The molecule has 0 spiro atoms. The van der Waals surface area contributed by atoms with Crippen LogP contribution in [0.1, 0.15) is 12.8 Å². The van der Waals surface area contributed by atoms with Crippen LogP contribution in [0, 0.1) is 5.82 Å². The van der Waals surface area contributed by atoms with E-state index >= 15 is 0 Å². The van der Waals surface area contributed by atoms with Crippen molar-refractivity contribution in [1.82, 2.24) is 14.5 Å². The second-order valence-corrected chi connectivity index (χ2v) is 6.09. The Bertz CT molecular complexity index is 838. The Morgan fingerprint density at radius 1 is 1.12 bits per heavy atom. The number of anilines is 1. The molecule has 5 nitrogen and oxygen atoms in total. The topological polar surface area (TPSA) is 43.2 Å². The van der Waals surface area contributed by atoms with Crippen LogP contribution in [0.3, 0.4) is 0 Å². The van der Waals surface area contributed by atoms with E-state index in [-0.39, 0.29) is 11.9 Å². The molecular weight excluding hydrogens is 307 g/mol. The number of halogens is 1. The third kappa shape index (κ3) is 2.79. The standard InChI is InChI=1S/C18H19FN4O/c1-22-17-12-20-9-6-16(17)21-18(22)23-10-7-15(8-11-23)24-14-4-2-13(19)3-5-14/h2-6,9,12,15H,7-8,10-11H2,1H3. The first-order chi connectivity index (χ1) is 11.7. The molecule has 6 heteroatoms. The molecule has 4 rings (SSSR count). The van der Waals surface area contributed by atoms with Gasteiger partial charge in [0.1, 0.15) is 17.7 Å². The number of pyridine rings is 1. The van der Waals surface area contributed by atoms with Crippen molar-refractivity contribution in [2.45, 2.75) is 18.9 Å². The van der Waals surface area contributed by atoms with Crippen LogP contribution in [0.15, 0.2) is 42.7 Å². The van der Waals surface area contributed by atoms with E-state index in [9.17, 15) is 4.39 Å². The Hall–Kier alpha value is -2.63. The van der Waals surface area contributed by atoms with Gasteiger partial charge in [0.25, 0.3) is 0 Å². The Morgan fingerprint density at radius 3 is 2.58 bits per heavy atom. The zero-order valence-electron chi connectivity index (χ0n) is 13.5. The normalized spacial score (nSPS) is 15.8. The lowest BCUT2D eigenvalue weighted by atomic mass is 10.1. The van der Waals surface area contributed by atoms with Crippen LogP contribution >= 0.6 is 0 Å². The fraction of sp³-hybridized carbons (Fsp3) is 0.333. The molecule has 0 saturated carbocycles. The number of aromatic nitrogens is 3. The van der Waals surface area contributed by atoms with Gasteiger partial charge in [-0.2, -0.15) is 0 Å². The summed E-state index contributed by atoms with van der Waals surface area (Å²) in [5, 5.41) is 0. The van der Waals surface area contributed by atoms with Crippen molar-refractivity contribution in [2.24, 2.45) is 7.05 Å². The summed E-state index contributed by atoms with van der Waals surface area (Å²) in [6.45, 7) is 1.77. The van der Waals surface area contributed by atoms with Crippen molar-refractivity contribution in [3.63, 3.8) is 0 Å².